The summed E-state index contributed by atoms with van der Waals surface area (Å²) in [5.74, 6) is 3.56. The molecule has 0 aromatic heterocycles. The predicted octanol–water partition coefficient (Wildman–Crippen LogP) is 2.79. The van der Waals surface area contributed by atoms with Gasteiger partial charge in [0.15, 0.2) is 0 Å². The van der Waals surface area contributed by atoms with E-state index in [0.29, 0.717) is 0 Å². The lowest BCUT2D eigenvalue weighted by Gasteiger charge is -2.35. The maximum Gasteiger partial charge on any atom is -0.00393 e. The van der Waals surface area contributed by atoms with E-state index in [2.05, 4.69) is 13.2 Å². The molecule has 0 N–H and O–H groups in total. The zero-order chi connectivity index (χ0) is 6.69. The van der Waals surface area contributed by atoms with Gasteiger partial charge >= 0.3 is 0 Å². The van der Waals surface area contributed by atoms with Crippen LogP contribution >= 0.6 is 11.8 Å². The van der Waals surface area contributed by atoms with E-state index in [4.69, 9.17) is 0 Å². The Kier molecular flexibility index (Phi) is 2.90. The van der Waals surface area contributed by atoms with Crippen molar-refractivity contribution in [3.05, 3.63) is 0 Å². The summed E-state index contributed by atoms with van der Waals surface area (Å²) in [4.78, 5) is 0. The Balaban J connectivity index is 2.11. The second-order valence-electron chi connectivity index (χ2n) is 2.96. The van der Waals surface area contributed by atoms with Gasteiger partial charge in [0.25, 0.3) is 0 Å². The fraction of sp³-hybridized carbons (Fsp3) is 1.00. The van der Waals surface area contributed by atoms with Gasteiger partial charge in [0.2, 0.25) is 0 Å². The zero-order valence-corrected chi connectivity index (χ0v) is 7.21. The van der Waals surface area contributed by atoms with Crippen molar-refractivity contribution < 1.29 is 0 Å². The Labute approximate surface area is 62.4 Å². The summed E-state index contributed by atoms with van der Waals surface area (Å²) < 4.78 is 0. The molecule has 1 fully saturated rings. The van der Waals surface area contributed by atoms with Crippen molar-refractivity contribution in [2.24, 2.45) is 11.8 Å². The summed E-state index contributed by atoms with van der Waals surface area (Å²) in [5.41, 5.74) is 0. The average molecular weight is 144 g/mol. The van der Waals surface area contributed by atoms with Crippen LogP contribution in [0.15, 0.2) is 0 Å². The molecule has 1 aliphatic carbocycles. The fourth-order valence-corrected chi connectivity index (χ4v) is 2.48. The summed E-state index contributed by atoms with van der Waals surface area (Å²) >= 11 is 2.00. The Morgan fingerprint density at radius 3 is 2.33 bits per heavy atom. The SMILES string of the molecule is CCC1CCC1CSC. The second kappa shape index (κ2) is 3.50. The van der Waals surface area contributed by atoms with Gasteiger partial charge in [-0.1, -0.05) is 13.3 Å². The van der Waals surface area contributed by atoms with Crippen molar-refractivity contribution in [2.45, 2.75) is 26.2 Å². The molecule has 2 atom stereocenters. The lowest BCUT2D eigenvalue weighted by atomic mass is 9.73. The van der Waals surface area contributed by atoms with Crippen molar-refractivity contribution in [1.29, 1.82) is 0 Å². The van der Waals surface area contributed by atoms with Gasteiger partial charge in [-0.15, -0.1) is 0 Å². The van der Waals surface area contributed by atoms with Crippen LogP contribution in [-0.2, 0) is 0 Å². The monoisotopic (exact) mass is 144 g/mol. The molecule has 0 saturated heterocycles. The lowest BCUT2D eigenvalue weighted by molar-refractivity contribution is 0.195. The maximum atomic E-state index is 2.32. The van der Waals surface area contributed by atoms with Crippen LogP contribution in [0, 0.1) is 11.8 Å². The highest BCUT2D eigenvalue weighted by Gasteiger charge is 2.27. The number of hydrogen-bond acceptors (Lipinski definition) is 1. The minimum absolute atomic E-state index is 1.07. The van der Waals surface area contributed by atoms with Crippen LogP contribution in [0.4, 0.5) is 0 Å². The van der Waals surface area contributed by atoms with E-state index in [0.717, 1.165) is 11.8 Å². The molecule has 1 saturated carbocycles. The molecule has 0 nitrogen and oxygen atoms in total. The average Bonchev–Trinajstić information content (AvgIpc) is 1.82. The van der Waals surface area contributed by atoms with Gasteiger partial charge in [-0.25, -0.2) is 0 Å². The lowest BCUT2D eigenvalue weighted by Crippen LogP contribution is -2.26. The number of hydrogen-bond donors (Lipinski definition) is 0. The van der Waals surface area contributed by atoms with Gasteiger partial charge < -0.3 is 0 Å². The normalized spacial score (nSPS) is 34.0. The van der Waals surface area contributed by atoms with E-state index in [1.54, 1.807) is 0 Å². The first kappa shape index (κ1) is 7.46. The molecule has 0 aliphatic heterocycles. The van der Waals surface area contributed by atoms with Crippen LogP contribution in [0.25, 0.3) is 0 Å². The maximum absolute atomic E-state index is 2.32. The second-order valence-corrected chi connectivity index (χ2v) is 3.87. The van der Waals surface area contributed by atoms with Crippen LogP contribution in [0.1, 0.15) is 26.2 Å². The zero-order valence-electron chi connectivity index (χ0n) is 6.39. The minimum Gasteiger partial charge on any atom is -0.165 e. The van der Waals surface area contributed by atoms with Gasteiger partial charge in [-0.3, -0.25) is 0 Å². The Bertz CT molecular complexity index is 78.6. The Hall–Kier alpha value is 0.350. The summed E-state index contributed by atoms with van der Waals surface area (Å²) in [6.45, 7) is 2.32. The molecule has 0 bridgehead atoms. The van der Waals surface area contributed by atoms with Gasteiger partial charge in [-0.05, 0) is 36.7 Å². The van der Waals surface area contributed by atoms with E-state index in [9.17, 15) is 0 Å². The van der Waals surface area contributed by atoms with Crippen LogP contribution in [0.2, 0.25) is 0 Å². The number of rotatable bonds is 3. The molecule has 0 aromatic rings. The third-order valence-electron chi connectivity index (χ3n) is 2.48. The molecular weight excluding hydrogens is 128 g/mol. The first-order valence-electron chi connectivity index (χ1n) is 3.87. The molecule has 1 aliphatic rings. The third kappa shape index (κ3) is 1.64. The van der Waals surface area contributed by atoms with Crippen LogP contribution in [0.3, 0.4) is 0 Å². The van der Waals surface area contributed by atoms with Crippen molar-refractivity contribution in [3.63, 3.8) is 0 Å². The molecule has 0 radical (unpaired) electrons. The van der Waals surface area contributed by atoms with E-state index < -0.39 is 0 Å². The summed E-state index contributed by atoms with van der Waals surface area (Å²) in [6.07, 6.45) is 6.62. The summed E-state index contributed by atoms with van der Waals surface area (Å²) in [5, 5.41) is 0. The van der Waals surface area contributed by atoms with Crippen LogP contribution < -0.4 is 0 Å². The largest absolute Gasteiger partial charge is 0.165 e. The van der Waals surface area contributed by atoms with Crippen molar-refractivity contribution in [2.75, 3.05) is 12.0 Å². The molecule has 54 valence electrons. The smallest absolute Gasteiger partial charge is 0.00393 e. The molecule has 9 heavy (non-hydrogen) atoms. The standard InChI is InChI=1S/C8H16S/c1-3-7-4-5-8(7)6-9-2/h7-8H,3-6H2,1-2H3. The molecule has 0 heterocycles. The van der Waals surface area contributed by atoms with E-state index in [-0.39, 0.29) is 0 Å². The highest BCUT2D eigenvalue weighted by Crippen LogP contribution is 2.37. The first-order chi connectivity index (χ1) is 4.38. The van der Waals surface area contributed by atoms with E-state index in [1.165, 1.54) is 25.0 Å². The summed E-state index contributed by atoms with van der Waals surface area (Å²) in [7, 11) is 0. The van der Waals surface area contributed by atoms with E-state index in [1.807, 2.05) is 11.8 Å². The van der Waals surface area contributed by atoms with Crippen LogP contribution in [0.5, 0.6) is 0 Å². The minimum atomic E-state index is 1.07. The highest BCUT2D eigenvalue weighted by atomic mass is 32.2. The van der Waals surface area contributed by atoms with Gasteiger partial charge in [0.1, 0.15) is 0 Å². The predicted molar refractivity (Wildman–Crippen MR) is 44.9 cm³/mol. The molecule has 0 amide bonds. The topological polar surface area (TPSA) is 0 Å². The van der Waals surface area contributed by atoms with Gasteiger partial charge in [-0.2, -0.15) is 11.8 Å². The Morgan fingerprint density at radius 1 is 1.33 bits per heavy atom. The summed E-state index contributed by atoms with van der Waals surface area (Å²) in [6, 6.07) is 0. The van der Waals surface area contributed by atoms with Crippen LogP contribution in [-0.4, -0.2) is 12.0 Å². The fourth-order valence-electron chi connectivity index (χ4n) is 1.61. The molecule has 1 heteroatoms. The molecule has 2 unspecified atom stereocenters. The Morgan fingerprint density at radius 2 is 2.00 bits per heavy atom. The van der Waals surface area contributed by atoms with Crippen molar-refractivity contribution in [3.8, 4) is 0 Å². The first-order valence-corrected chi connectivity index (χ1v) is 5.26. The molecule has 1 rings (SSSR count). The van der Waals surface area contributed by atoms with Gasteiger partial charge in [0.05, 0.1) is 0 Å². The van der Waals surface area contributed by atoms with Crippen molar-refractivity contribution >= 4 is 11.8 Å². The highest BCUT2D eigenvalue weighted by molar-refractivity contribution is 7.98. The van der Waals surface area contributed by atoms with Crippen molar-refractivity contribution in [1.82, 2.24) is 0 Å². The number of thioether (sulfide) groups is 1. The molecule has 0 spiro atoms. The molecular formula is C8H16S. The quantitative estimate of drug-likeness (QED) is 0.587. The molecule has 0 aromatic carbocycles. The third-order valence-corrected chi connectivity index (χ3v) is 3.24. The van der Waals surface area contributed by atoms with Gasteiger partial charge in [0, 0.05) is 0 Å². The van der Waals surface area contributed by atoms with E-state index >= 15 is 0 Å².